The van der Waals surface area contributed by atoms with Crippen molar-refractivity contribution in [2.45, 2.75) is 12.0 Å². The summed E-state index contributed by atoms with van der Waals surface area (Å²) in [6.07, 6.45) is 0.763. The normalized spacial score (nSPS) is 28.6. The van der Waals surface area contributed by atoms with Gasteiger partial charge in [-0.15, -0.1) is 0 Å². The molecule has 2 rings (SSSR count). The lowest BCUT2D eigenvalue weighted by Gasteiger charge is -2.40. The number of aliphatic hydroxyl groups is 1. The highest BCUT2D eigenvalue weighted by atomic mass is 32.2. The molecule has 2 atom stereocenters. The average Bonchev–Trinajstić information content (AvgIpc) is 2.32. The van der Waals surface area contributed by atoms with E-state index in [0.29, 0.717) is 0 Å². The first-order chi connectivity index (χ1) is 8.52. The summed E-state index contributed by atoms with van der Waals surface area (Å²) in [6.45, 7) is 0.944. The van der Waals surface area contributed by atoms with Gasteiger partial charge in [-0.25, -0.2) is 0 Å². The third kappa shape index (κ3) is 2.82. The number of thioether (sulfide) groups is 1. The third-order valence-electron chi connectivity index (χ3n) is 3.62. The summed E-state index contributed by atoms with van der Waals surface area (Å²) in [6, 6.07) is 7.09. The van der Waals surface area contributed by atoms with Crippen LogP contribution < -0.4 is 4.90 Å². The molecule has 1 fully saturated rings. The van der Waals surface area contributed by atoms with Crippen molar-refractivity contribution in [3.8, 4) is 5.75 Å². The van der Waals surface area contributed by atoms with E-state index in [9.17, 15) is 10.2 Å². The van der Waals surface area contributed by atoms with Gasteiger partial charge in [0.2, 0.25) is 0 Å². The van der Waals surface area contributed by atoms with Crippen molar-refractivity contribution in [1.29, 1.82) is 0 Å². The Morgan fingerprint density at radius 2 is 2.22 bits per heavy atom. The highest BCUT2D eigenvalue weighted by Crippen LogP contribution is 2.40. The van der Waals surface area contributed by atoms with E-state index in [4.69, 9.17) is 0 Å². The maximum Gasteiger partial charge on any atom is 0.115 e. The maximum atomic E-state index is 11.0. The number of aromatic hydroxyl groups is 1. The van der Waals surface area contributed by atoms with Gasteiger partial charge in [0.15, 0.2) is 0 Å². The van der Waals surface area contributed by atoms with Crippen LogP contribution in [0.3, 0.4) is 0 Å². The molecule has 0 spiro atoms. The molecule has 1 aromatic carbocycles. The first kappa shape index (κ1) is 13.7. The Bertz CT molecular complexity index is 411. The standard InChI is InChI=1S/C14H21NO2S/c1-15(2)9-12-10-18-7-6-14(12,17)11-4-3-5-13(16)8-11/h3-5,8,12,16-17H,6-7,9-10H2,1-2H3/p+1/t12-,14-/m1/s1. The van der Waals surface area contributed by atoms with Crippen LogP contribution in [-0.4, -0.2) is 42.4 Å². The molecule has 0 bridgehead atoms. The van der Waals surface area contributed by atoms with E-state index >= 15 is 0 Å². The number of phenolic OH excluding ortho intramolecular Hbond substituents is 1. The fraction of sp³-hybridized carbons (Fsp3) is 0.571. The van der Waals surface area contributed by atoms with E-state index in [1.807, 2.05) is 23.9 Å². The molecule has 1 heterocycles. The highest BCUT2D eigenvalue weighted by Gasteiger charge is 2.42. The summed E-state index contributed by atoms with van der Waals surface area (Å²) < 4.78 is 0. The van der Waals surface area contributed by atoms with Gasteiger partial charge in [0.05, 0.1) is 32.2 Å². The van der Waals surface area contributed by atoms with Crippen LogP contribution in [0, 0.1) is 5.92 Å². The zero-order valence-electron chi connectivity index (χ0n) is 11.0. The number of rotatable bonds is 3. The number of nitrogens with one attached hydrogen (secondary N) is 1. The van der Waals surface area contributed by atoms with Gasteiger partial charge < -0.3 is 15.1 Å². The first-order valence-electron chi connectivity index (χ1n) is 6.41. The summed E-state index contributed by atoms with van der Waals surface area (Å²) >= 11 is 1.91. The van der Waals surface area contributed by atoms with Crippen LogP contribution >= 0.6 is 11.8 Å². The maximum absolute atomic E-state index is 11.0. The lowest BCUT2D eigenvalue weighted by atomic mass is 9.79. The van der Waals surface area contributed by atoms with Crippen LogP contribution in [0.1, 0.15) is 12.0 Å². The summed E-state index contributed by atoms with van der Waals surface area (Å²) in [5.41, 5.74) is 0.0652. The van der Waals surface area contributed by atoms with Crippen LogP contribution in [-0.2, 0) is 5.60 Å². The minimum atomic E-state index is -0.790. The molecule has 1 aliphatic heterocycles. The van der Waals surface area contributed by atoms with E-state index < -0.39 is 5.60 Å². The monoisotopic (exact) mass is 268 g/mol. The summed E-state index contributed by atoms with van der Waals surface area (Å²) in [5, 5.41) is 20.6. The first-order valence-corrected chi connectivity index (χ1v) is 7.56. The van der Waals surface area contributed by atoms with Gasteiger partial charge in [0.1, 0.15) is 5.75 Å². The Morgan fingerprint density at radius 3 is 2.89 bits per heavy atom. The number of hydrogen-bond donors (Lipinski definition) is 3. The van der Waals surface area contributed by atoms with Crippen LogP contribution in [0.5, 0.6) is 5.75 Å². The number of hydrogen-bond acceptors (Lipinski definition) is 3. The van der Waals surface area contributed by atoms with E-state index in [2.05, 4.69) is 14.1 Å². The lowest BCUT2D eigenvalue weighted by molar-refractivity contribution is -0.863. The number of phenols is 1. The van der Waals surface area contributed by atoms with Crippen molar-refractivity contribution >= 4 is 11.8 Å². The molecule has 0 saturated carbocycles. The minimum absolute atomic E-state index is 0.232. The predicted molar refractivity (Wildman–Crippen MR) is 75.1 cm³/mol. The SMILES string of the molecule is C[NH+](C)C[C@@H]1CSCC[C@@]1(O)c1cccc(O)c1. The summed E-state index contributed by atoms with van der Waals surface area (Å²) in [4.78, 5) is 1.35. The van der Waals surface area contributed by atoms with E-state index in [1.54, 1.807) is 12.1 Å². The largest absolute Gasteiger partial charge is 0.508 e. The van der Waals surface area contributed by atoms with E-state index in [-0.39, 0.29) is 11.7 Å². The third-order valence-corrected chi connectivity index (χ3v) is 4.75. The fourth-order valence-electron chi connectivity index (χ4n) is 2.67. The Hall–Kier alpha value is -0.710. The molecule has 100 valence electrons. The Morgan fingerprint density at radius 1 is 1.44 bits per heavy atom. The molecule has 0 radical (unpaired) electrons. The van der Waals surface area contributed by atoms with Gasteiger partial charge in [-0.1, -0.05) is 12.1 Å². The fourth-order valence-corrected chi connectivity index (χ4v) is 3.97. The number of benzene rings is 1. The molecular weight excluding hydrogens is 246 g/mol. The van der Waals surface area contributed by atoms with Crippen molar-refractivity contribution in [2.24, 2.45) is 5.92 Å². The van der Waals surface area contributed by atoms with Gasteiger partial charge in [-0.2, -0.15) is 11.8 Å². The van der Waals surface area contributed by atoms with Gasteiger partial charge >= 0.3 is 0 Å². The minimum Gasteiger partial charge on any atom is -0.508 e. The Balaban J connectivity index is 2.29. The van der Waals surface area contributed by atoms with Crippen LogP contribution in [0.15, 0.2) is 24.3 Å². The summed E-state index contributed by atoms with van der Waals surface area (Å²) in [7, 11) is 4.23. The molecule has 0 unspecified atom stereocenters. The molecule has 3 nitrogen and oxygen atoms in total. The molecule has 1 aromatic rings. The van der Waals surface area contributed by atoms with E-state index in [1.165, 1.54) is 4.90 Å². The van der Waals surface area contributed by atoms with Gasteiger partial charge in [0, 0.05) is 5.75 Å². The number of quaternary nitrogens is 1. The molecule has 3 N–H and O–H groups in total. The molecule has 0 aromatic heterocycles. The Kier molecular flexibility index (Phi) is 4.20. The smallest absolute Gasteiger partial charge is 0.115 e. The second-order valence-corrected chi connectivity index (χ2v) is 6.56. The summed E-state index contributed by atoms with van der Waals surface area (Å²) in [5.74, 6) is 2.43. The average molecular weight is 268 g/mol. The van der Waals surface area contributed by atoms with Gasteiger partial charge in [-0.3, -0.25) is 0 Å². The van der Waals surface area contributed by atoms with E-state index in [0.717, 1.165) is 30.0 Å². The molecular formula is C14H22NO2S+. The molecule has 0 aliphatic carbocycles. The topological polar surface area (TPSA) is 44.9 Å². The zero-order chi connectivity index (χ0) is 13.2. The molecule has 0 amide bonds. The van der Waals surface area contributed by atoms with Crippen molar-refractivity contribution in [3.05, 3.63) is 29.8 Å². The van der Waals surface area contributed by atoms with Crippen LogP contribution in [0.4, 0.5) is 0 Å². The second-order valence-electron chi connectivity index (χ2n) is 5.41. The molecule has 4 heteroatoms. The van der Waals surface area contributed by atoms with Gasteiger partial charge in [0.25, 0.3) is 0 Å². The van der Waals surface area contributed by atoms with Crippen LogP contribution in [0.25, 0.3) is 0 Å². The van der Waals surface area contributed by atoms with Crippen molar-refractivity contribution < 1.29 is 15.1 Å². The molecule has 1 saturated heterocycles. The lowest BCUT2D eigenvalue weighted by Crippen LogP contribution is -3.07. The molecule has 18 heavy (non-hydrogen) atoms. The predicted octanol–water partition coefficient (Wildman–Crippen LogP) is 0.477. The van der Waals surface area contributed by atoms with Gasteiger partial charge in [-0.05, 0) is 29.9 Å². The second kappa shape index (κ2) is 5.51. The molecule has 1 aliphatic rings. The quantitative estimate of drug-likeness (QED) is 0.747. The van der Waals surface area contributed by atoms with Crippen molar-refractivity contribution in [2.75, 3.05) is 32.1 Å². The van der Waals surface area contributed by atoms with Crippen molar-refractivity contribution in [1.82, 2.24) is 0 Å². The zero-order valence-corrected chi connectivity index (χ0v) is 11.8. The Labute approximate surface area is 113 Å². The highest BCUT2D eigenvalue weighted by molar-refractivity contribution is 7.99. The van der Waals surface area contributed by atoms with Crippen molar-refractivity contribution in [3.63, 3.8) is 0 Å². The van der Waals surface area contributed by atoms with Crippen LogP contribution in [0.2, 0.25) is 0 Å².